The lowest BCUT2D eigenvalue weighted by atomic mass is 10.1. The molecule has 0 fully saturated rings. The van der Waals surface area contributed by atoms with Crippen LogP contribution in [0.2, 0.25) is 0 Å². The predicted molar refractivity (Wildman–Crippen MR) is 93.6 cm³/mol. The van der Waals surface area contributed by atoms with Crippen molar-refractivity contribution in [2.75, 3.05) is 11.0 Å². The lowest BCUT2D eigenvalue weighted by molar-refractivity contribution is -0.385. The van der Waals surface area contributed by atoms with E-state index in [9.17, 15) is 23.3 Å². The minimum Gasteiger partial charge on any atom is -0.352 e. The zero-order valence-electron chi connectivity index (χ0n) is 13.4. The van der Waals surface area contributed by atoms with Crippen LogP contribution in [0.25, 0.3) is 0 Å². The van der Waals surface area contributed by atoms with Crippen molar-refractivity contribution >= 4 is 27.3 Å². The van der Waals surface area contributed by atoms with Crippen LogP contribution in [-0.2, 0) is 27.8 Å². The van der Waals surface area contributed by atoms with Gasteiger partial charge in [0.05, 0.1) is 23.3 Å². The van der Waals surface area contributed by atoms with Gasteiger partial charge in [0.1, 0.15) is 0 Å². The molecule has 132 valence electrons. The van der Waals surface area contributed by atoms with E-state index in [-0.39, 0.29) is 18.7 Å². The van der Waals surface area contributed by atoms with Gasteiger partial charge in [0.25, 0.3) is 5.69 Å². The molecule has 25 heavy (non-hydrogen) atoms. The Labute approximate surface area is 145 Å². The number of benzene rings is 2. The van der Waals surface area contributed by atoms with Crippen molar-refractivity contribution in [3.63, 3.8) is 0 Å². The average molecular weight is 363 g/mol. The molecule has 1 amide bonds. The van der Waals surface area contributed by atoms with Crippen molar-refractivity contribution in [1.82, 2.24) is 5.32 Å². The van der Waals surface area contributed by atoms with Crippen molar-refractivity contribution in [2.45, 2.75) is 13.0 Å². The number of hydrogen-bond acceptors (Lipinski definition) is 5. The number of hydrogen-bond donors (Lipinski definition) is 2. The van der Waals surface area contributed by atoms with Gasteiger partial charge in [-0.25, -0.2) is 8.42 Å². The van der Waals surface area contributed by atoms with Crippen LogP contribution in [0.3, 0.4) is 0 Å². The number of nitrogens with zero attached hydrogens (tertiary/aromatic N) is 1. The van der Waals surface area contributed by atoms with E-state index in [0.29, 0.717) is 16.8 Å². The predicted octanol–water partition coefficient (Wildman–Crippen LogP) is 1.83. The van der Waals surface area contributed by atoms with Gasteiger partial charge in [-0.05, 0) is 11.6 Å². The van der Waals surface area contributed by atoms with Crippen molar-refractivity contribution in [3.05, 3.63) is 69.8 Å². The summed E-state index contributed by atoms with van der Waals surface area (Å²) in [7, 11) is -3.44. The molecular weight excluding hydrogens is 346 g/mol. The summed E-state index contributed by atoms with van der Waals surface area (Å²) in [6, 6.07) is 12.7. The molecule has 8 nitrogen and oxygen atoms in total. The molecule has 2 N–H and O–H groups in total. The Morgan fingerprint density at radius 3 is 2.32 bits per heavy atom. The number of carbonyl (C=O) groups excluding carboxylic acids is 1. The van der Waals surface area contributed by atoms with E-state index in [2.05, 4.69) is 10.0 Å². The van der Waals surface area contributed by atoms with Gasteiger partial charge in [0.2, 0.25) is 15.9 Å². The van der Waals surface area contributed by atoms with Crippen LogP contribution in [0.1, 0.15) is 11.1 Å². The Hall–Kier alpha value is -2.94. The Morgan fingerprint density at radius 1 is 1.08 bits per heavy atom. The third-order valence-corrected chi connectivity index (χ3v) is 3.92. The molecule has 0 saturated heterocycles. The molecule has 0 aliphatic heterocycles. The topological polar surface area (TPSA) is 118 Å². The third-order valence-electron chi connectivity index (χ3n) is 3.33. The minimum atomic E-state index is -3.44. The highest BCUT2D eigenvalue weighted by Crippen LogP contribution is 2.19. The molecule has 2 aromatic carbocycles. The normalized spacial score (nSPS) is 10.9. The average Bonchev–Trinajstić information content (AvgIpc) is 2.53. The number of sulfonamides is 1. The molecule has 0 radical (unpaired) electrons. The SMILES string of the molecule is CS(=O)(=O)Nc1ccccc1CNC(=O)Cc1ccccc1[N+](=O)[O-]. The van der Waals surface area contributed by atoms with E-state index < -0.39 is 20.9 Å². The molecule has 2 aromatic rings. The van der Waals surface area contributed by atoms with Crippen molar-refractivity contribution in [3.8, 4) is 0 Å². The summed E-state index contributed by atoms with van der Waals surface area (Å²) in [4.78, 5) is 22.5. The maximum Gasteiger partial charge on any atom is 0.273 e. The Kier molecular flexibility index (Phi) is 5.71. The van der Waals surface area contributed by atoms with Gasteiger partial charge in [-0.15, -0.1) is 0 Å². The van der Waals surface area contributed by atoms with Gasteiger partial charge < -0.3 is 5.32 Å². The van der Waals surface area contributed by atoms with E-state index in [1.807, 2.05) is 0 Å². The molecule has 9 heteroatoms. The first-order valence-electron chi connectivity index (χ1n) is 7.31. The number of rotatable bonds is 7. The fourth-order valence-electron chi connectivity index (χ4n) is 2.24. The van der Waals surface area contributed by atoms with Gasteiger partial charge in [-0.1, -0.05) is 36.4 Å². The van der Waals surface area contributed by atoms with Crippen LogP contribution in [0.4, 0.5) is 11.4 Å². The summed E-state index contributed by atoms with van der Waals surface area (Å²) < 4.78 is 25.1. The largest absolute Gasteiger partial charge is 0.352 e. The van der Waals surface area contributed by atoms with Gasteiger partial charge in [-0.2, -0.15) is 0 Å². The molecule has 0 spiro atoms. The quantitative estimate of drug-likeness (QED) is 0.574. The van der Waals surface area contributed by atoms with Crippen LogP contribution in [0.15, 0.2) is 48.5 Å². The summed E-state index contributed by atoms with van der Waals surface area (Å²) >= 11 is 0. The van der Waals surface area contributed by atoms with Gasteiger partial charge >= 0.3 is 0 Å². The zero-order valence-corrected chi connectivity index (χ0v) is 14.2. The summed E-state index contributed by atoms with van der Waals surface area (Å²) in [6.45, 7) is 0.0954. The first kappa shape index (κ1) is 18.4. The lowest BCUT2D eigenvalue weighted by Crippen LogP contribution is -2.25. The van der Waals surface area contributed by atoms with E-state index in [0.717, 1.165) is 6.26 Å². The summed E-state index contributed by atoms with van der Waals surface area (Å²) in [5, 5.41) is 13.6. The first-order valence-corrected chi connectivity index (χ1v) is 9.20. The van der Waals surface area contributed by atoms with E-state index >= 15 is 0 Å². The number of nitrogens with one attached hydrogen (secondary N) is 2. The van der Waals surface area contributed by atoms with Crippen LogP contribution >= 0.6 is 0 Å². The first-order chi connectivity index (χ1) is 11.8. The second-order valence-electron chi connectivity index (χ2n) is 5.37. The fraction of sp³-hybridized carbons (Fsp3) is 0.188. The summed E-state index contributed by atoms with van der Waals surface area (Å²) in [5.74, 6) is -0.400. The molecule has 0 aliphatic rings. The highest BCUT2D eigenvalue weighted by Gasteiger charge is 2.15. The highest BCUT2D eigenvalue weighted by atomic mass is 32.2. The molecular formula is C16H17N3O5S. The van der Waals surface area contributed by atoms with E-state index in [1.54, 1.807) is 30.3 Å². The smallest absolute Gasteiger partial charge is 0.273 e. The van der Waals surface area contributed by atoms with Crippen LogP contribution in [0, 0.1) is 10.1 Å². The maximum absolute atomic E-state index is 12.1. The van der Waals surface area contributed by atoms with Gasteiger partial charge in [0.15, 0.2) is 0 Å². The number of anilines is 1. The molecule has 2 rings (SSSR count). The lowest BCUT2D eigenvalue weighted by Gasteiger charge is -2.11. The molecule has 0 heterocycles. The van der Waals surface area contributed by atoms with Crippen molar-refractivity contribution < 1.29 is 18.1 Å². The number of carbonyl (C=O) groups is 1. The molecule has 0 saturated carbocycles. The van der Waals surface area contributed by atoms with Crippen molar-refractivity contribution in [2.24, 2.45) is 0 Å². The number of nitro benzene ring substituents is 1. The van der Waals surface area contributed by atoms with Crippen LogP contribution < -0.4 is 10.0 Å². The van der Waals surface area contributed by atoms with E-state index in [1.165, 1.54) is 18.2 Å². The number of amides is 1. The van der Waals surface area contributed by atoms with E-state index in [4.69, 9.17) is 0 Å². The monoisotopic (exact) mass is 363 g/mol. The third kappa shape index (κ3) is 5.57. The highest BCUT2D eigenvalue weighted by molar-refractivity contribution is 7.92. The second kappa shape index (κ2) is 7.75. The maximum atomic E-state index is 12.1. The Balaban J connectivity index is 2.05. The summed E-state index contributed by atoms with van der Waals surface area (Å²) in [6.07, 6.45) is 0.899. The van der Waals surface area contributed by atoms with Crippen LogP contribution in [0.5, 0.6) is 0 Å². The standard InChI is InChI=1S/C16H17N3O5S/c1-25(23,24)18-14-8-4-2-7-13(14)11-17-16(20)10-12-6-3-5-9-15(12)19(21)22/h2-9,18H,10-11H2,1H3,(H,17,20). The van der Waals surface area contributed by atoms with Crippen molar-refractivity contribution in [1.29, 1.82) is 0 Å². The molecule has 0 bridgehead atoms. The Morgan fingerprint density at radius 2 is 1.68 bits per heavy atom. The number of para-hydroxylation sites is 2. The molecule has 0 unspecified atom stereocenters. The second-order valence-corrected chi connectivity index (χ2v) is 7.12. The van der Waals surface area contributed by atoms with Crippen LogP contribution in [-0.4, -0.2) is 25.5 Å². The zero-order chi connectivity index (χ0) is 18.4. The number of nitro groups is 1. The molecule has 0 aliphatic carbocycles. The molecule has 0 aromatic heterocycles. The van der Waals surface area contributed by atoms with Gasteiger partial charge in [-0.3, -0.25) is 19.6 Å². The fourth-order valence-corrected chi connectivity index (χ4v) is 2.84. The molecule has 0 atom stereocenters. The summed E-state index contributed by atoms with van der Waals surface area (Å²) in [5.41, 5.74) is 1.16. The minimum absolute atomic E-state index is 0.0954. The Bertz CT molecular complexity index is 896. The van der Waals surface area contributed by atoms with Gasteiger partial charge in [0, 0.05) is 18.2 Å².